The van der Waals surface area contributed by atoms with Gasteiger partial charge < -0.3 is 15.4 Å². The number of amides is 1. The SMILES string of the molecule is CC(C)(C)OC(=O)NCCNc1cc(C(F)(F)F)cc(Cl)n1. The number of aromatic nitrogens is 1. The van der Waals surface area contributed by atoms with E-state index in [0.717, 1.165) is 12.1 Å². The van der Waals surface area contributed by atoms with Crippen LogP contribution in [0.25, 0.3) is 0 Å². The number of carbonyl (C=O) groups excluding carboxylic acids is 1. The molecule has 0 fully saturated rings. The highest BCUT2D eigenvalue weighted by Gasteiger charge is 2.31. The summed E-state index contributed by atoms with van der Waals surface area (Å²) in [5.74, 6) is -0.0224. The maximum atomic E-state index is 12.6. The molecule has 2 N–H and O–H groups in total. The summed E-state index contributed by atoms with van der Waals surface area (Å²) in [5.41, 5.74) is -1.51. The van der Waals surface area contributed by atoms with Crippen LogP contribution in [0.4, 0.5) is 23.8 Å². The third-order valence-electron chi connectivity index (χ3n) is 2.22. The summed E-state index contributed by atoms with van der Waals surface area (Å²) in [6.07, 6.45) is -5.11. The van der Waals surface area contributed by atoms with Crippen molar-refractivity contribution >= 4 is 23.5 Å². The lowest BCUT2D eigenvalue weighted by Gasteiger charge is -2.19. The number of alkyl halides is 3. The average Bonchev–Trinajstić information content (AvgIpc) is 2.30. The second kappa shape index (κ2) is 7.04. The summed E-state index contributed by atoms with van der Waals surface area (Å²) in [4.78, 5) is 15.1. The number of ether oxygens (including phenoxy) is 1. The molecular weight excluding hydrogens is 323 g/mol. The largest absolute Gasteiger partial charge is 0.444 e. The first kappa shape index (κ1) is 18.3. The monoisotopic (exact) mass is 339 g/mol. The van der Waals surface area contributed by atoms with Crippen LogP contribution >= 0.6 is 11.6 Å². The Morgan fingerprint density at radius 2 is 1.91 bits per heavy atom. The van der Waals surface area contributed by atoms with Gasteiger partial charge in [-0.2, -0.15) is 13.2 Å². The molecule has 0 aliphatic rings. The van der Waals surface area contributed by atoms with Gasteiger partial charge in [-0.3, -0.25) is 0 Å². The number of nitrogens with one attached hydrogen (secondary N) is 2. The predicted octanol–water partition coefficient (Wildman–Crippen LogP) is 3.69. The van der Waals surface area contributed by atoms with Gasteiger partial charge in [0.05, 0.1) is 5.56 Å². The van der Waals surface area contributed by atoms with Gasteiger partial charge in [0.2, 0.25) is 0 Å². The summed E-state index contributed by atoms with van der Waals surface area (Å²) in [6.45, 7) is 5.49. The van der Waals surface area contributed by atoms with Gasteiger partial charge in [0, 0.05) is 13.1 Å². The van der Waals surface area contributed by atoms with E-state index in [0.29, 0.717) is 0 Å². The van der Waals surface area contributed by atoms with Crippen molar-refractivity contribution in [1.82, 2.24) is 10.3 Å². The molecule has 1 amide bonds. The highest BCUT2D eigenvalue weighted by molar-refractivity contribution is 6.29. The van der Waals surface area contributed by atoms with Crippen LogP contribution in [0.1, 0.15) is 26.3 Å². The minimum atomic E-state index is -4.50. The Morgan fingerprint density at radius 1 is 1.27 bits per heavy atom. The van der Waals surface area contributed by atoms with Gasteiger partial charge in [0.1, 0.15) is 16.6 Å². The Balaban J connectivity index is 2.49. The zero-order chi connectivity index (χ0) is 17.0. The number of nitrogens with zero attached hydrogens (tertiary/aromatic N) is 1. The molecule has 124 valence electrons. The van der Waals surface area contributed by atoms with E-state index in [-0.39, 0.29) is 24.1 Å². The zero-order valence-electron chi connectivity index (χ0n) is 12.3. The van der Waals surface area contributed by atoms with Crippen LogP contribution in [0, 0.1) is 0 Å². The van der Waals surface area contributed by atoms with Gasteiger partial charge in [-0.1, -0.05) is 11.6 Å². The lowest BCUT2D eigenvalue weighted by atomic mass is 10.2. The Bertz CT molecular complexity index is 530. The molecular formula is C13H17ClF3N3O2. The number of carbonyl (C=O) groups is 1. The molecule has 9 heteroatoms. The molecule has 0 aromatic carbocycles. The number of hydrogen-bond donors (Lipinski definition) is 2. The molecule has 0 atom stereocenters. The number of anilines is 1. The highest BCUT2D eigenvalue weighted by Crippen LogP contribution is 2.31. The molecule has 0 bridgehead atoms. The summed E-state index contributed by atoms with van der Waals surface area (Å²) in [6, 6.07) is 1.59. The molecule has 1 rings (SSSR count). The highest BCUT2D eigenvalue weighted by atomic mass is 35.5. The van der Waals surface area contributed by atoms with E-state index in [1.807, 2.05) is 0 Å². The number of halogens is 4. The van der Waals surface area contributed by atoms with Gasteiger partial charge in [0.25, 0.3) is 0 Å². The molecule has 5 nitrogen and oxygen atoms in total. The third-order valence-corrected chi connectivity index (χ3v) is 2.41. The van der Waals surface area contributed by atoms with Gasteiger partial charge >= 0.3 is 12.3 Å². The third kappa shape index (κ3) is 6.84. The molecule has 0 spiro atoms. The van der Waals surface area contributed by atoms with Crippen LogP contribution in [-0.4, -0.2) is 29.8 Å². The van der Waals surface area contributed by atoms with Gasteiger partial charge in [-0.25, -0.2) is 9.78 Å². The van der Waals surface area contributed by atoms with Gasteiger partial charge in [-0.05, 0) is 32.9 Å². The lowest BCUT2D eigenvalue weighted by molar-refractivity contribution is -0.137. The van der Waals surface area contributed by atoms with Crippen LogP contribution in [0.2, 0.25) is 5.15 Å². The molecule has 0 aliphatic heterocycles. The summed E-state index contributed by atoms with van der Waals surface area (Å²) >= 11 is 5.55. The first-order valence-electron chi connectivity index (χ1n) is 6.43. The van der Waals surface area contributed by atoms with E-state index in [2.05, 4.69) is 15.6 Å². The van der Waals surface area contributed by atoms with E-state index < -0.39 is 23.4 Å². The number of hydrogen-bond acceptors (Lipinski definition) is 4. The molecule has 0 radical (unpaired) electrons. The summed E-state index contributed by atoms with van der Waals surface area (Å²) < 4.78 is 42.8. The van der Waals surface area contributed by atoms with Crippen molar-refractivity contribution in [3.05, 3.63) is 22.8 Å². The number of pyridine rings is 1. The molecule has 1 aromatic rings. The fourth-order valence-corrected chi connectivity index (χ4v) is 1.63. The standard InChI is InChI=1S/C13H17ClF3N3O2/c1-12(2,3)22-11(21)19-5-4-18-10-7-8(13(15,16)17)6-9(14)20-10/h6-7H,4-5H2,1-3H3,(H,18,20)(H,19,21). The molecule has 0 unspecified atom stereocenters. The fourth-order valence-electron chi connectivity index (χ4n) is 1.42. The van der Waals surface area contributed by atoms with E-state index in [1.54, 1.807) is 20.8 Å². The molecule has 1 aromatic heterocycles. The maximum absolute atomic E-state index is 12.6. The van der Waals surface area contributed by atoms with Gasteiger partial charge in [0.15, 0.2) is 0 Å². The van der Waals surface area contributed by atoms with Crippen LogP contribution in [0.15, 0.2) is 12.1 Å². The van der Waals surface area contributed by atoms with E-state index >= 15 is 0 Å². The van der Waals surface area contributed by atoms with Crippen molar-refractivity contribution in [2.75, 3.05) is 18.4 Å². The maximum Gasteiger partial charge on any atom is 0.416 e. The van der Waals surface area contributed by atoms with E-state index in [1.165, 1.54) is 0 Å². The van der Waals surface area contributed by atoms with Crippen molar-refractivity contribution in [3.8, 4) is 0 Å². The van der Waals surface area contributed by atoms with Crippen molar-refractivity contribution < 1.29 is 22.7 Å². The van der Waals surface area contributed by atoms with Crippen molar-refractivity contribution in [3.63, 3.8) is 0 Å². The predicted molar refractivity (Wildman–Crippen MR) is 77.0 cm³/mol. The smallest absolute Gasteiger partial charge is 0.416 e. The Kier molecular flexibility index (Phi) is 5.87. The molecule has 0 saturated heterocycles. The first-order valence-corrected chi connectivity index (χ1v) is 6.81. The summed E-state index contributed by atoms with van der Waals surface area (Å²) in [5, 5.41) is 4.85. The van der Waals surface area contributed by atoms with Crippen LogP contribution in [-0.2, 0) is 10.9 Å². The van der Waals surface area contributed by atoms with E-state index in [9.17, 15) is 18.0 Å². The van der Waals surface area contributed by atoms with Crippen LogP contribution in [0.5, 0.6) is 0 Å². The Hall–Kier alpha value is -1.70. The minimum Gasteiger partial charge on any atom is -0.444 e. The quantitative estimate of drug-likeness (QED) is 0.648. The number of alkyl carbamates (subject to hydrolysis) is 1. The first-order chi connectivity index (χ1) is 9.97. The second-order valence-electron chi connectivity index (χ2n) is 5.42. The summed E-state index contributed by atoms with van der Waals surface area (Å²) in [7, 11) is 0. The zero-order valence-corrected chi connectivity index (χ0v) is 13.1. The second-order valence-corrected chi connectivity index (χ2v) is 5.80. The van der Waals surface area contributed by atoms with Crippen molar-refractivity contribution in [2.45, 2.75) is 32.5 Å². The van der Waals surface area contributed by atoms with Crippen LogP contribution < -0.4 is 10.6 Å². The van der Waals surface area contributed by atoms with Gasteiger partial charge in [-0.15, -0.1) is 0 Å². The Morgan fingerprint density at radius 3 is 2.45 bits per heavy atom. The Labute approximate surface area is 131 Å². The molecule has 1 heterocycles. The molecule has 0 aliphatic carbocycles. The van der Waals surface area contributed by atoms with Crippen molar-refractivity contribution in [1.29, 1.82) is 0 Å². The van der Waals surface area contributed by atoms with Crippen LogP contribution in [0.3, 0.4) is 0 Å². The molecule has 0 saturated carbocycles. The minimum absolute atomic E-state index is 0.0224. The molecule has 22 heavy (non-hydrogen) atoms. The topological polar surface area (TPSA) is 63.2 Å². The normalized spacial score (nSPS) is 12.0. The average molecular weight is 340 g/mol. The lowest BCUT2D eigenvalue weighted by Crippen LogP contribution is -2.35. The number of rotatable bonds is 4. The fraction of sp³-hybridized carbons (Fsp3) is 0.538. The van der Waals surface area contributed by atoms with E-state index in [4.69, 9.17) is 16.3 Å². The van der Waals surface area contributed by atoms with Crippen molar-refractivity contribution in [2.24, 2.45) is 0 Å².